The predicted molar refractivity (Wildman–Crippen MR) is 179 cm³/mol. The van der Waals surface area contributed by atoms with Crippen LogP contribution in [0, 0.1) is 20.8 Å². The molecule has 2 aromatic heterocycles. The van der Waals surface area contributed by atoms with E-state index >= 15 is 0 Å². The predicted octanol–water partition coefficient (Wildman–Crippen LogP) is 5.91. The average molecular weight is 611 g/mol. The fourth-order valence-corrected chi connectivity index (χ4v) is 6.81. The maximum Gasteiger partial charge on any atom is 0.337 e. The van der Waals surface area contributed by atoms with Gasteiger partial charge in [0.25, 0.3) is 0 Å². The molecule has 45 heavy (non-hydrogen) atoms. The van der Waals surface area contributed by atoms with E-state index in [1.54, 1.807) is 0 Å². The number of likely N-dealkylation sites (N-methyl/N-ethyl adjacent to an activating group) is 1. The Morgan fingerprint density at radius 3 is 2.27 bits per heavy atom. The first-order valence-corrected chi connectivity index (χ1v) is 16.0. The minimum absolute atomic E-state index is 0.630. The maximum absolute atomic E-state index is 13.0. The number of aromatic nitrogens is 3. The summed E-state index contributed by atoms with van der Waals surface area (Å²) in [5.41, 5.74) is 8.20. The highest BCUT2D eigenvalue weighted by molar-refractivity contribution is 6.08. The number of carboxylic acid groups (broad SMARTS) is 1. The first-order chi connectivity index (χ1) is 21.4. The number of rotatable bonds is 8. The number of benzene rings is 2. The van der Waals surface area contributed by atoms with E-state index < -0.39 is 17.7 Å². The molecule has 238 valence electrons. The van der Waals surface area contributed by atoms with Crippen LogP contribution in [0.4, 0.5) is 11.6 Å². The van der Waals surface area contributed by atoms with E-state index in [1.807, 2.05) is 40.1 Å². The molecule has 0 radical (unpaired) electrons. The van der Waals surface area contributed by atoms with Crippen LogP contribution in [0.1, 0.15) is 54.8 Å². The number of carboxylic acids is 1. The number of aliphatic carboxylic acids is 1. The summed E-state index contributed by atoms with van der Waals surface area (Å²) in [6, 6.07) is 10.5. The van der Waals surface area contributed by atoms with Gasteiger partial charge in [-0.1, -0.05) is 29.8 Å². The molecule has 1 atom stereocenters. The van der Waals surface area contributed by atoms with E-state index in [0.29, 0.717) is 18.1 Å². The number of carbonyl (C=O) groups is 1. The first-order valence-electron chi connectivity index (χ1n) is 16.0. The van der Waals surface area contributed by atoms with Gasteiger partial charge in [-0.25, -0.2) is 14.8 Å². The molecule has 0 spiro atoms. The van der Waals surface area contributed by atoms with E-state index in [-0.39, 0.29) is 0 Å². The van der Waals surface area contributed by atoms with Gasteiger partial charge in [0.15, 0.2) is 6.10 Å². The lowest BCUT2D eigenvalue weighted by molar-refractivity contribution is -0.160. The van der Waals surface area contributed by atoms with Crippen LogP contribution in [0.3, 0.4) is 0 Å². The zero-order valence-electron chi connectivity index (χ0n) is 27.7. The molecule has 0 unspecified atom stereocenters. The van der Waals surface area contributed by atoms with Gasteiger partial charge in [-0.2, -0.15) is 0 Å². The topological polar surface area (TPSA) is 87.0 Å². The number of aryl methyl sites for hydroxylation is 2. The SMILES string of the molecule is Cc1ccc(-c2c([C@H](OC(C)(C)C)C(=O)O)c(C)c3c4c2cc(C)n4CCN3c2ncc(CCN3CCN(C)CC3)cn2)cc1. The van der Waals surface area contributed by atoms with Gasteiger partial charge in [-0.15, -0.1) is 0 Å². The van der Waals surface area contributed by atoms with Crippen LogP contribution >= 0.6 is 0 Å². The summed E-state index contributed by atoms with van der Waals surface area (Å²) >= 11 is 0. The van der Waals surface area contributed by atoms with Crippen molar-refractivity contribution in [3.63, 3.8) is 0 Å². The Kier molecular flexibility index (Phi) is 8.45. The van der Waals surface area contributed by atoms with E-state index in [4.69, 9.17) is 14.7 Å². The highest BCUT2D eigenvalue weighted by Gasteiger charge is 2.36. The van der Waals surface area contributed by atoms with E-state index in [1.165, 1.54) is 0 Å². The summed E-state index contributed by atoms with van der Waals surface area (Å²) in [7, 11) is 2.18. The van der Waals surface area contributed by atoms with Gasteiger partial charge in [0, 0.05) is 74.9 Å². The minimum atomic E-state index is -1.16. The van der Waals surface area contributed by atoms with Crippen molar-refractivity contribution in [2.24, 2.45) is 0 Å². The Bertz CT molecular complexity index is 1700. The smallest absolute Gasteiger partial charge is 0.337 e. The second-order valence-corrected chi connectivity index (χ2v) is 13.7. The quantitative estimate of drug-likeness (QED) is 0.264. The second-order valence-electron chi connectivity index (χ2n) is 13.7. The fourth-order valence-electron chi connectivity index (χ4n) is 6.81. The molecule has 2 aromatic carbocycles. The average Bonchev–Trinajstić information content (AvgIpc) is 3.34. The maximum atomic E-state index is 13.0. The number of nitrogens with zero attached hydrogens (tertiary/aromatic N) is 6. The molecule has 1 N–H and O–H groups in total. The lowest BCUT2D eigenvalue weighted by Crippen LogP contribution is -2.45. The molecule has 9 nitrogen and oxygen atoms in total. The van der Waals surface area contributed by atoms with Gasteiger partial charge in [-0.3, -0.25) is 0 Å². The molecule has 2 aliphatic rings. The Morgan fingerprint density at radius 2 is 1.64 bits per heavy atom. The third-order valence-electron chi connectivity index (χ3n) is 9.19. The highest BCUT2D eigenvalue weighted by Crippen LogP contribution is 2.49. The lowest BCUT2D eigenvalue weighted by atomic mass is 9.87. The van der Waals surface area contributed by atoms with Crippen LogP contribution in [-0.2, 0) is 22.5 Å². The molecule has 0 amide bonds. The molecule has 0 saturated carbocycles. The van der Waals surface area contributed by atoms with Crippen LogP contribution in [0.15, 0.2) is 42.7 Å². The Morgan fingerprint density at radius 1 is 0.978 bits per heavy atom. The largest absolute Gasteiger partial charge is 0.479 e. The van der Waals surface area contributed by atoms with Gasteiger partial charge in [0.2, 0.25) is 5.95 Å². The third kappa shape index (κ3) is 6.21. The van der Waals surface area contributed by atoms with Crippen molar-refractivity contribution in [1.82, 2.24) is 24.3 Å². The molecule has 4 heterocycles. The van der Waals surface area contributed by atoms with Gasteiger partial charge in [0.1, 0.15) is 0 Å². The Labute approximate surface area is 266 Å². The third-order valence-corrected chi connectivity index (χ3v) is 9.19. The molecule has 0 bridgehead atoms. The van der Waals surface area contributed by atoms with Crippen molar-refractivity contribution >= 4 is 28.5 Å². The van der Waals surface area contributed by atoms with Gasteiger partial charge in [0.05, 0.1) is 16.8 Å². The highest BCUT2D eigenvalue weighted by atomic mass is 16.5. The van der Waals surface area contributed by atoms with Gasteiger partial charge >= 0.3 is 5.97 Å². The summed E-state index contributed by atoms with van der Waals surface area (Å²) in [4.78, 5) is 29.8. The standard InChI is InChI=1S/C36H46N6O3/c1-23-8-10-27(11-9-23)30-28-20-24(2)41-18-19-42(31(32(28)41)25(3)29(30)33(34(43)44)45-36(4,5)6)35-37-21-26(22-38-35)12-13-40-16-14-39(7)15-17-40/h8-11,20-22,33H,12-19H2,1-7H3,(H,43,44)/t33-/m0/s1. The van der Waals surface area contributed by atoms with E-state index in [2.05, 4.69) is 70.5 Å². The van der Waals surface area contributed by atoms with Crippen molar-refractivity contribution in [3.05, 3.63) is 70.7 Å². The molecule has 9 heteroatoms. The van der Waals surface area contributed by atoms with Crippen molar-refractivity contribution in [2.45, 2.75) is 66.2 Å². The van der Waals surface area contributed by atoms with Gasteiger partial charge < -0.3 is 29.1 Å². The lowest BCUT2D eigenvalue weighted by Gasteiger charge is -2.35. The number of ether oxygens (including phenoxy) is 1. The zero-order valence-corrected chi connectivity index (χ0v) is 27.7. The number of hydrogen-bond acceptors (Lipinski definition) is 7. The molecular weight excluding hydrogens is 564 g/mol. The zero-order chi connectivity index (χ0) is 32.0. The fraction of sp³-hybridized carbons (Fsp3) is 0.472. The van der Waals surface area contributed by atoms with Crippen LogP contribution < -0.4 is 4.90 Å². The second kappa shape index (κ2) is 12.2. The normalized spacial score (nSPS) is 16.8. The monoisotopic (exact) mass is 610 g/mol. The van der Waals surface area contributed by atoms with Crippen LogP contribution in [-0.4, -0.2) is 87.3 Å². The Hall–Kier alpha value is -3.79. The first kappa shape index (κ1) is 31.2. The Balaban J connectivity index is 1.46. The molecular formula is C36H46N6O3. The number of anilines is 2. The summed E-state index contributed by atoms with van der Waals surface area (Å²) < 4.78 is 8.68. The van der Waals surface area contributed by atoms with Crippen molar-refractivity contribution in [2.75, 3.05) is 51.2 Å². The summed E-state index contributed by atoms with van der Waals surface area (Å²) in [5.74, 6) is -0.377. The van der Waals surface area contributed by atoms with Crippen molar-refractivity contribution in [1.29, 1.82) is 0 Å². The van der Waals surface area contributed by atoms with E-state index in [0.717, 1.165) is 95.8 Å². The molecule has 1 fully saturated rings. The van der Waals surface area contributed by atoms with Crippen LogP contribution in [0.5, 0.6) is 0 Å². The summed E-state index contributed by atoms with van der Waals surface area (Å²) in [6.07, 6.45) is 3.66. The molecule has 2 aliphatic heterocycles. The van der Waals surface area contributed by atoms with Crippen LogP contribution in [0.2, 0.25) is 0 Å². The summed E-state index contributed by atoms with van der Waals surface area (Å²) in [6.45, 7) is 18.8. The molecule has 0 aliphatic carbocycles. The molecule has 1 saturated heterocycles. The number of piperazine rings is 1. The molecule has 4 aromatic rings. The molecule has 6 rings (SSSR count). The van der Waals surface area contributed by atoms with Crippen molar-refractivity contribution in [3.8, 4) is 11.1 Å². The van der Waals surface area contributed by atoms with Gasteiger partial charge in [-0.05, 0) is 83.3 Å². The van der Waals surface area contributed by atoms with E-state index in [9.17, 15) is 9.90 Å². The summed E-state index contributed by atoms with van der Waals surface area (Å²) in [5, 5.41) is 11.7. The minimum Gasteiger partial charge on any atom is -0.479 e. The van der Waals surface area contributed by atoms with Crippen LogP contribution in [0.25, 0.3) is 22.0 Å². The number of hydrogen-bond donors (Lipinski definition) is 1. The van der Waals surface area contributed by atoms with Crippen molar-refractivity contribution < 1.29 is 14.6 Å².